The normalized spacial score (nSPS) is 18.6. The van der Waals surface area contributed by atoms with Gasteiger partial charge in [0.05, 0.1) is 12.7 Å². The molecule has 1 atom stereocenters. The Hall–Kier alpha value is -0.340. The zero-order chi connectivity index (χ0) is 10.4. The molecular formula is C12H20OS. The molecule has 0 amide bonds. The van der Waals surface area contributed by atoms with E-state index in [-0.39, 0.29) is 0 Å². The number of rotatable bonds is 3. The zero-order valence-corrected chi connectivity index (χ0v) is 10.2. The molecule has 0 spiro atoms. The molecule has 80 valence electrons. The van der Waals surface area contributed by atoms with Gasteiger partial charge in [-0.3, -0.25) is 0 Å². The van der Waals surface area contributed by atoms with Crippen molar-refractivity contribution in [2.75, 3.05) is 6.61 Å². The topological polar surface area (TPSA) is 12.5 Å². The molecule has 0 aromatic carbocycles. The summed E-state index contributed by atoms with van der Waals surface area (Å²) in [6.45, 7) is 7.56. The van der Waals surface area contributed by atoms with Crippen molar-refractivity contribution in [2.24, 2.45) is 0 Å². The molecule has 2 heterocycles. The van der Waals surface area contributed by atoms with E-state index in [1.54, 1.807) is 0 Å². The summed E-state index contributed by atoms with van der Waals surface area (Å²) in [7, 11) is 0. The summed E-state index contributed by atoms with van der Waals surface area (Å²) in [4.78, 5) is 1.48. The lowest BCUT2D eigenvalue weighted by molar-refractivity contribution is 0.403. The molecule has 1 aliphatic heterocycles. The summed E-state index contributed by atoms with van der Waals surface area (Å²) in [5, 5.41) is 2.17. The largest absolute Gasteiger partial charge is 0.373 e. The van der Waals surface area contributed by atoms with E-state index in [4.69, 9.17) is 4.74 Å². The number of epoxide rings is 1. The molecule has 0 aliphatic carbocycles. The molecule has 0 saturated carbocycles. The maximum absolute atomic E-state index is 4.86. The van der Waals surface area contributed by atoms with Gasteiger partial charge < -0.3 is 4.74 Å². The molecule has 14 heavy (non-hydrogen) atoms. The summed E-state index contributed by atoms with van der Waals surface area (Å²) in [5.41, 5.74) is 1.53. The van der Waals surface area contributed by atoms with E-state index in [0.717, 1.165) is 6.61 Å². The Kier molecular flexibility index (Phi) is 5.20. The monoisotopic (exact) mass is 212 g/mol. The first-order valence-electron chi connectivity index (χ1n) is 5.42. The van der Waals surface area contributed by atoms with E-state index >= 15 is 0 Å². The van der Waals surface area contributed by atoms with Crippen LogP contribution in [0.15, 0.2) is 11.4 Å². The lowest BCUT2D eigenvalue weighted by Gasteiger charge is -1.92. The number of hydrogen-bond acceptors (Lipinski definition) is 2. The Balaban J connectivity index is 0.000000165. The average Bonchev–Trinajstić information content (AvgIpc) is 2.94. The predicted octanol–water partition coefficient (Wildman–Crippen LogP) is 3.80. The molecule has 1 aromatic rings. The van der Waals surface area contributed by atoms with E-state index in [2.05, 4.69) is 32.2 Å². The summed E-state index contributed by atoms with van der Waals surface area (Å²) >= 11 is 1.84. The molecule has 1 unspecified atom stereocenters. The fraction of sp³-hybridized carbons (Fsp3) is 0.667. The highest BCUT2D eigenvalue weighted by Gasteiger charge is 2.18. The van der Waals surface area contributed by atoms with Crippen molar-refractivity contribution >= 4 is 11.3 Å². The minimum absolute atomic E-state index is 0.634. The van der Waals surface area contributed by atoms with Crippen LogP contribution in [0.25, 0.3) is 0 Å². The van der Waals surface area contributed by atoms with Gasteiger partial charge in [-0.1, -0.05) is 20.3 Å². The molecule has 1 saturated heterocycles. The molecule has 1 fully saturated rings. The van der Waals surface area contributed by atoms with Crippen LogP contribution in [0.2, 0.25) is 0 Å². The van der Waals surface area contributed by atoms with Crippen LogP contribution < -0.4 is 0 Å². The Bertz CT molecular complexity index is 251. The predicted molar refractivity (Wildman–Crippen MR) is 63.1 cm³/mol. The Morgan fingerprint density at radius 2 is 2.21 bits per heavy atom. The van der Waals surface area contributed by atoms with Crippen molar-refractivity contribution in [1.82, 2.24) is 0 Å². The van der Waals surface area contributed by atoms with Crippen LogP contribution in [0.1, 0.15) is 37.1 Å². The third-order valence-electron chi connectivity index (χ3n) is 2.34. The molecule has 0 radical (unpaired) electrons. The van der Waals surface area contributed by atoms with E-state index in [1.807, 2.05) is 11.3 Å². The van der Waals surface area contributed by atoms with Gasteiger partial charge in [-0.2, -0.15) is 0 Å². The lowest BCUT2D eigenvalue weighted by atomic mass is 10.2. The standard InChI is InChI=1S/C8H12S.C4H8O/c1-3-4-8-5-6-9-7(8)2;1-2-4-3-5-4/h5-6H,3-4H2,1-2H3;4H,2-3H2,1H3. The van der Waals surface area contributed by atoms with Crippen molar-refractivity contribution in [1.29, 1.82) is 0 Å². The fourth-order valence-corrected chi connectivity index (χ4v) is 2.00. The number of ether oxygens (including phenoxy) is 1. The van der Waals surface area contributed by atoms with Crippen LogP contribution in [-0.2, 0) is 11.2 Å². The molecule has 0 bridgehead atoms. The lowest BCUT2D eigenvalue weighted by Crippen LogP contribution is -1.79. The minimum atomic E-state index is 0.634. The first-order chi connectivity index (χ1) is 6.77. The van der Waals surface area contributed by atoms with Crippen LogP contribution in [0, 0.1) is 6.92 Å². The fourth-order valence-electron chi connectivity index (χ4n) is 1.24. The zero-order valence-electron chi connectivity index (χ0n) is 9.38. The summed E-state index contributed by atoms with van der Waals surface area (Å²) in [6, 6.07) is 2.23. The molecule has 2 heteroatoms. The van der Waals surface area contributed by atoms with Gasteiger partial charge in [0.1, 0.15) is 0 Å². The van der Waals surface area contributed by atoms with Gasteiger partial charge in [0.2, 0.25) is 0 Å². The summed E-state index contributed by atoms with van der Waals surface area (Å²) in [6.07, 6.45) is 4.34. The maximum atomic E-state index is 4.86. The van der Waals surface area contributed by atoms with E-state index in [0.29, 0.717) is 6.10 Å². The van der Waals surface area contributed by atoms with Gasteiger partial charge in [0, 0.05) is 4.88 Å². The Labute approximate surface area is 91.1 Å². The molecular weight excluding hydrogens is 192 g/mol. The summed E-state index contributed by atoms with van der Waals surface area (Å²) in [5.74, 6) is 0. The van der Waals surface area contributed by atoms with Crippen molar-refractivity contribution in [3.63, 3.8) is 0 Å². The third kappa shape index (κ3) is 4.25. The van der Waals surface area contributed by atoms with Crippen molar-refractivity contribution in [3.8, 4) is 0 Å². The smallest absolute Gasteiger partial charge is 0.0807 e. The van der Waals surface area contributed by atoms with Gasteiger partial charge in [-0.05, 0) is 36.8 Å². The third-order valence-corrected chi connectivity index (χ3v) is 3.23. The van der Waals surface area contributed by atoms with Gasteiger partial charge in [0.15, 0.2) is 0 Å². The number of hydrogen-bond donors (Lipinski definition) is 0. The van der Waals surface area contributed by atoms with Crippen molar-refractivity contribution in [2.45, 2.75) is 46.1 Å². The first kappa shape index (κ1) is 11.7. The van der Waals surface area contributed by atoms with Crippen molar-refractivity contribution in [3.05, 3.63) is 21.9 Å². The van der Waals surface area contributed by atoms with E-state index in [1.165, 1.54) is 29.7 Å². The van der Waals surface area contributed by atoms with Gasteiger partial charge in [0.25, 0.3) is 0 Å². The molecule has 2 rings (SSSR count). The van der Waals surface area contributed by atoms with Crippen molar-refractivity contribution < 1.29 is 4.74 Å². The quantitative estimate of drug-likeness (QED) is 0.694. The minimum Gasteiger partial charge on any atom is -0.373 e. The van der Waals surface area contributed by atoms with Gasteiger partial charge >= 0.3 is 0 Å². The highest BCUT2D eigenvalue weighted by Crippen LogP contribution is 2.16. The molecule has 1 aromatic heterocycles. The summed E-state index contributed by atoms with van der Waals surface area (Å²) < 4.78 is 4.86. The van der Waals surface area contributed by atoms with Crippen LogP contribution in [0.3, 0.4) is 0 Å². The SMILES string of the molecule is CCC1CO1.CCCc1ccsc1C. The maximum Gasteiger partial charge on any atom is 0.0807 e. The first-order valence-corrected chi connectivity index (χ1v) is 6.30. The second-order valence-corrected chi connectivity index (χ2v) is 4.74. The van der Waals surface area contributed by atoms with Crippen LogP contribution >= 0.6 is 11.3 Å². The number of aryl methyl sites for hydroxylation is 2. The molecule has 0 N–H and O–H groups in total. The van der Waals surface area contributed by atoms with Gasteiger partial charge in [-0.25, -0.2) is 0 Å². The molecule has 1 nitrogen and oxygen atoms in total. The van der Waals surface area contributed by atoms with E-state index in [9.17, 15) is 0 Å². The second kappa shape index (κ2) is 6.20. The highest BCUT2D eigenvalue weighted by molar-refractivity contribution is 7.10. The van der Waals surface area contributed by atoms with Crippen LogP contribution in [0.4, 0.5) is 0 Å². The Morgan fingerprint density at radius 3 is 2.50 bits per heavy atom. The highest BCUT2D eigenvalue weighted by atomic mass is 32.1. The van der Waals surface area contributed by atoms with Crippen LogP contribution in [0.5, 0.6) is 0 Å². The Morgan fingerprint density at radius 1 is 1.50 bits per heavy atom. The second-order valence-electron chi connectivity index (χ2n) is 3.62. The van der Waals surface area contributed by atoms with Gasteiger partial charge in [-0.15, -0.1) is 11.3 Å². The van der Waals surface area contributed by atoms with Crippen LogP contribution in [-0.4, -0.2) is 12.7 Å². The number of thiophene rings is 1. The molecule has 1 aliphatic rings. The van der Waals surface area contributed by atoms with E-state index < -0.39 is 0 Å². The average molecular weight is 212 g/mol.